The summed E-state index contributed by atoms with van der Waals surface area (Å²) in [5, 5.41) is 12.6. The summed E-state index contributed by atoms with van der Waals surface area (Å²) in [6, 6.07) is 20.3. The molecule has 2 aromatic carbocycles. The Morgan fingerprint density at radius 2 is 1.97 bits per heavy atom. The zero-order valence-corrected chi connectivity index (χ0v) is 16.9. The van der Waals surface area contributed by atoms with Gasteiger partial charge in [0.05, 0.1) is 38.9 Å². The molecule has 6 heteroatoms. The number of aryl methyl sites for hydroxylation is 1. The molecule has 0 atom stereocenters. The van der Waals surface area contributed by atoms with Crippen molar-refractivity contribution in [1.29, 1.82) is 5.26 Å². The van der Waals surface area contributed by atoms with Gasteiger partial charge in [0.25, 0.3) is 0 Å². The summed E-state index contributed by atoms with van der Waals surface area (Å²) in [5.41, 5.74) is 4.66. The number of thiophene rings is 1. The SMILES string of the molecule is N#CCCc1ccc(-n2c(-c3cccs3)nc3cnc4ccccc4c32)c(Cl)c1. The summed E-state index contributed by atoms with van der Waals surface area (Å²) in [6.45, 7) is 0. The summed E-state index contributed by atoms with van der Waals surface area (Å²) in [5.74, 6) is 0.847. The number of nitrogens with zero attached hydrogens (tertiary/aromatic N) is 4. The highest BCUT2D eigenvalue weighted by atomic mass is 35.5. The van der Waals surface area contributed by atoms with Gasteiger partial charge in [0.15, 0.2) is 5.82 Å². The van der Waals surface area contributed by atoms with Crippen LogP contribution in [0.4, 0.5) is 0 Å². The average Bonchev–Trinajstić information content (AvgIpc) is 3.40. The van der Waals surface area contributed by atoms with Gasteiger partial charge >= 0.3 is 0 Å². The lowest BCUT2D eigenvalue weighted by molar-refractivity contribution is 1.01. The molecular weight excluding hydrogens is 400 g/mol. The van der Waals surface area contributed by atoms with E-state index in [1.807, 2.05) is 54.0 Å². The van der Waals surface area contributed by atoms with Gasteiger partial charge in [-0.2, -0.15) is 5.26 Å². The smallest absolute Gasteiger partial charge is 0.155 e. The predicted octanol–water partition coefficient (Wildman–Crippen LogP) is 6.41. The minimum atomic E-state index is 0.473. The first-order chi connectivity index (χ1) is 14.3. The van der Waals surface area contributed by atoms with E-state index in [1.54, 1.807) is 11.3 Å². The van der Waals surface area contributed by atoms with Crippen LogP contribution in [0.3, 0.4) is 0 Å². The van der Waals surface area contributed by atoms with Crippen LogP contribution in [0.15, 0.2) is 66.2 Å². The van der Waals surface area contributed by atoms with Gasteiger partial charge in [0, 0.05) is 11.8 Å². The fraction of sp³-hybridized carbons (Fsp3) is 0.0870. The van der Waals surface area contributed by atoms with E-state index < -0.39 is 0 Å². The Hall–Kier alpha value is -3.20. The zero-order valence-electron chi connectivity index (χ0n) is 15.3. The average molecular weight is 415 g/mol. The molecule has 0 saturated heterocycles. The van der Waals surface area contributed by atoms with Crippen LogP contribution in [0.5, 0.6) is 0 Å². The van der Waals surface area contributed by atoms with Crippen LogP contribution in [0.25, 0.3) is 38.3 Å². The van der Waals surface area contributed by atoms with Gasteiger partial charge in [-0.25, -0.2) is 4.98 Å². The Morgan fingerprint density at radius 1 is 1.07 bits per heavy atom. The molecule has 0 saturated carbocycles. The van der Waals surface area contributed by atoms with Gasteiger partial charge in [-0.1, -0.05) is 41.9 Å². The van der Waals surface area contributed by atoms with Crippen molar-refractivity contribution in [2.45, 2.75) is 12.8 Å². The molecule has 0 unspecified atom stereocenters. The van der Waals surface area contributed by atoms with Crippen LogP contribution in [-0.2, 0) is 6.42 Å². The normalized spacial score (nSPS) is 11.2. The number of pyridine rings is 1. The lowest BCUT2D eigenvalue weighted by Crippen LogP contribution is -1.99. The maximum absolute atomic E-state index is 8.86. The minimum absolute atomic E-state index is 0.473. The molecule has 0 aliphatic heterocycles. The molecule has 0 amide bonds. The number of nitriles is 1. The second kappa shape index (κ2) is 7.32. The number of imidazole rings is 1. The third-order valence-corrected chi connectivity index (χ3v) is 6.08. The molecule has 0 N–H and O–H groups in total. The summed E-state index contributed by atoms with van der Waals surface area (Å²) in [7, 11) is 0. The molecule has 0 fully saturated rings. The number of para-hydroxylation sites is 1. The number of benzene rings is 2. The Kier molecular flexibility index (Phi) is 4.51. The number of aromatic nitrogens is 3. The Labute approximate surface area is 176 Å². The Morgan fingerprint density at radius 3 is 2.76 bits per heavy atom. The van der Waals surface area contributed by atoms with E-state index in [2.05, 4.69) is 27.8 Å². The molecule has 3 aromatic heterocycles. The second-order valence-corrected chi connectivity index (χ2v) is 8.06. The first-order valence-electron chi connectivity index (χ1n) is 9.22. The van der Waals surface area contributed by atoms with Crippen molar-refractivity contribution in [3.8, 4) is 22.5 Å². The maximum Gasteiger partial charge on any atom is 0.155 e. The van der Waals surface area contributed by atoms with E-state index in [0.29, 0.717) is 17.9 Å². The topological polar surface area (TPSA) is 54.5 Å². The molecule has 5 aromatic rings. The fourth-order valence-corrected chi connectivity index (χ4v) is 4.59. The van der Waals surface area contributed by atoms with Crippen LogP contribution in [-0.4, -0.2) is 14.5 Å². The summed E-state index contributed by atoms with van der Waals surface area (Å²) < 4.78 is 2.13. The first-order valence-corrected chi connectivity index (χ1v) is 10.5. The van der Waals surface area contributed by atoms with E-state index in [4.69, 9.17) is 21.8 Å². The van der Waals surface area contributed by atoms with Gasteiger partial charge in [-0.3, -0.25) is 9.55 Å². The molecular formula is C23H15ClN4S. The molecule has 0 radical (unpaired) electrons. The number of rotatable bonds is 4. The molecule has 0 aliphatic rings. The van der Waals surface area contributed by atoms with E-state index in [-0.39, 0.29) is 0 Å². The van der Waals surface area contributed by atoms with Crippen molar-refractivity contribution >= 4 is 44.9 Å². The van der Waals surface area contributed by atoms with Gasteiger partial charge in [-0.05, 0) is 41.6 Å². The van der Waals surface area contributed by atoms with E-state index in [9.17, 15) is 0 Å². The summed E-state index contributed by atoms with van der Waals surface area (Å²) in [4.78, 5) is 10.5. The molecule has 3 heterocycles. The quantitative estimate of drug-likeness (QED) is 0.341. The lowest BCUT2D eigenvalue weighted by Gasteiger charge is -2.13. The molecule has 0 aliphatic carbocycles. The van der Waals surface area contributed by atoms with E-state index >= 15 is 0 Å². The molecule has 0 bridgehead atoms. The van der Waals surface area contributed by atoms with Gasteiger partial charge in [-0.15, -0.1) is 11.3 Å². The lowest BCUT2D eigenvalue weighted by atomic mass is 10.1. The standard InChI is InChI=1S/C23H15ClN4S/c24-17-13-15(5-3-11-25)9-10-20(17)28-22-16-6-1-2-7-18(16)26-14-19(22)27-23(28)21-8-4-12-29-21/h1-2,4,6-10,12-14H,3,5H2. The van der Waals surface area contributed by atoms with E-state index in [0.717, 1.165) is 43.9 Å². The van der Waals surface area contributed by atoms with Gasteiger partial charge in [0.1, 0.15) is 5.52 Å². The molecule has 29 heavy (non-hydrogen) atoms. The van der Waals surface area contributed by atoms with Crippen LogP contribution >= 0.6 is 22.9 Å². The predicted molar refractivity (Wildman–Crippen MR) is 119 cm³/mol. The third kappa shape index (κ3) is 3.07. The maximum atomic E-state index is 8.86. The van der Waals surface area contributed by atoms with Crippen molar-refractivity contribution in [3.63, 3.8) is 0 Å². The third-order valence-electron chi connectivity index (χ3n) is 4.91. The van der Waals surface area contributed by atoms with Crippen LogP contribution in [0.1, 0.15) is 12.0 Å². The number of hydrogen-bond donors (Lipinski definition) is 0. The zero-order chi connectivity index (χ0) is 19.8. The van der Waals surface area contributed by atoms with Crippen LogP contribution < -0.4 is 0 Å². The molecule has 4 nitrogen and oxygen atoms in total. The van der Waals surface area contributed by atoms with Crippen molar-refractivity contribution in [3.05, 3.63) is 76.8 Å². The summed E-state index contributed by atoms with van der Waals surface area (Å²) >= 11 is 8.38. The van der Waals surface area contributed by atoms with Crippen molar-refractivity contribution in [2.24, 2.45) is 0 Å². The Balaban J connectivity index is 1.83. The van der Waals surface area contributed by atoms with Crippen LogP contribution in [0.2, 0.25) is 5.02 Å². The number of fused-ring (bicyclic) bond motifs is 3. The minimum Gasteiger partial charge on any atom is -0.289 e. The molecule has 0 spiro atoms. The number of halogens is 1. The van der Waals surface area contributed by atoms with Crippen molar-refractivity contribution in [1.82, 2.24) is 14.5 Å². The molecule has 140 valence electrons. The van der Waals surface area contributed by atoms with Crippen LogP contribution in [0, 0.1) is 11.3 Å². The van der Waals surface area contributed by atoms with Crippen molar-refractivity contribution in [2.75, 3.05) is 0 Å². The van der Waals surface area contributed by atoms with E-state index in [1.165, 1.54) is 0 Å². The highest BCUT2D eigenvalue weighted by Gasteiger charge is 2.19. The highest BCUT2D eigenvalue weighted by molar-refractivity contribution is 7.13. The monoisotopic (exact) mass is 414 g/mol. The second-order valence-electron chi connectivity index (χ2n) is 6.70. The summed E-state index contributed by atoms with van der Waals surface area (Å²) in [6.07, 6.45) is 2.98. The highest BCUT2D eigenvalue weighted by Crippen LogP contribution is 2.36. The first kappa shape index (κ1) is 17.9. The Bertz CT molecular complexity index is 1380. The largest absolute Gasteiger partial charge is 0.289 e. The molecule has 5 rings (SSSR count). The van der Waals surface area contributed by atoms with Gasteiger partial charge < -0.3 is 0 Å². The van der Waals surface area contributed by atoms with Gasteiger partial charge in [0.2, 0.25) is 0 Å². The number of hydrogen-bond acceptors (Lipinski definition) is 4. The van der Waals surface area contributed by atoms with Crippen molar-refractivity contribution < 1.29 is 0 Å². The fourth-order valence-electron chi connectivity index (χ4n) is 3.60.